The van der Waals surface area contributed by atoms with E-state index in [-0.39, 0.29) is 17.4 Å². The fourth-order valence-corrected chi connectivity index (χ4v) is 8.30. The maximum Gasteiger partial charge on any atom is 0.230 e. The number of hydrogen-bond acceptors (Lipinski definition) is 5. The van der Waals surface area contributed by atoms with Crippen LogP contribution in [-0.4, -0.2) is 34.8 Å². The van der Waals surface area contributed by atoms with E-state index in [1.54, 1.807) is 12.4 Å². The van der Waals surface area contributed by atoms with Gasteiger partial charge in [0.25, 0.3) is 0 Å². The van der Waals surface area contributed by atoms with Crippen molar-refractivity contribution in [2.75, 3.05) is 11.9 Å². The molecule has 4 saturated carbocycles. The molecule has 4 bridgehead atoms. The Morgan fingerprint density at radius 3 is 2.33 bits per heavy atom. The molecule has 194 valence electrons. The number of nitrogens with one attached hydrogen (secondary N) is 2. The van der Waals surface area contributed by atoms with Crippen LogP contribution in [0.4, 0.5) is 5.69 Å². The van der Waals surface area contributed by atoms with E-state index in [1.807, 2.05) is 30.3 Å². The molecule has 4 aliphatic rings. The van der Waals surface area contributed by atoms with Crippen LogP contribution < -0.4 is 16.4 Å². The summed E-state index contributed by atoms with van der Waals surface area (Å²) in [5, 5.41) is 17.9. The maximum atomic E-state index is 13.5. The monoisotopic (exact) mass is 490 g/mol. The number of carbonyl (C=O) groups is 1. The van der Waals surface area contributed by atoms with Crippen molar-refractivity contribution in [2.45, 2.75) is 76.5 Å². The Labute approximate surface area is 215 Å². The molecule has 1 heterocycles. The number of anilines is 1. The molecule has 6 heteroatoms. The van der Waals surface area contributed by atoms with Gasteiger partial charge in [-0.3, -0.25) is 9.78 Å². The molecule has 36 heavy (non-hydrogen) atoms. The molecule has 1 aromatic carbocycles. The zero-order valence-corrected chi connectivity index (χ0v) is 21.7. The molecule has 4 aliphatic carbocycles. The SMILES string of the molecule is CCC(CC)(C(=O)NCC(N)C1C2CC3CC1CC(C(O)Nc1ccncc1)(C3)C2)c1ccccc1. The van der Waals surface area contributed by atoms with Crippen molar-refractivity contribution in [3.8, 4) is 0 Å². The summed E-state index contributed by atoms with van der Waals surface area (Å²) in [6.45, 7) is 4.71. The fourth-order valence-electron chi connectivity index (χ4n) is 8.30. The lowest BCUT2D eigenvalue weighted by atomic mass is 9.44. The van der Waals surface area contributed by atoms with Crippen molar-refractivity contribution in [2.24, 2.45) is 34.8 Å². The zero-order valence-electron chi connectivity index (χ0n) is 21.7. The first-order chi connectivity index (χ1) is 17.4. The number of hydrogen-bond donors (Lipinski definition) is 4. The Morgan fingerprint density at radius 2 is 1.72 bits per heavy atom. The van der Waals surface area contributed by atoms with Crippen LogP contribution in [0.1, 0.15) is 64.4 Å². The molecule has 4 fully saturated rings. The van der Waals surface area contributed by atoms with E-state index < -0.39 is 11.6 Å². The van der Waals surface area contributed by atoms with Gasteiger partial charge in [0.15, 0.2) is 0 Å². The van der Waals surface area contributed by atoms with E-state index >= 15 is 0 Å². The number of nitrogens with two attached hydrogens (primary N) is 1. The summed E-state index contributed by atoms with van der Waals surface area (Å²) >= 11 is 0. The summed E-state index contributed by atoms with van der Waals surface area (Å²) in [6.07, 6.45) is 9.95. The molecule has 0 saturated heterocycles. The standard InChI is InChI=1S/C30H42N4O2/c1-3-30(4-2,23-8-6-5-7-9-23)28(36)33-19-25(31)26-21-14-20-15-22(26)18-29(16-20,17-21)27(35)34-24-10-12-32-13-11-24/h5-13,20-22,25-27,35H,3-4,14-19,31H2,1-2H3,(H,32,34)(H,33,36). The summed E-state index contributed by atoms with van der Waals surface area (Å²) in [7, 11) is 0. The van der Waals surface area contributed by atoms with Crippen molar-refractivity contribution in [3.63, 3.8) is 0 Å². The third-order valence-corrected chi connectivity index (χ3v) is 9.92. The Morgan fingerprint density at radius 1 is 1.08 bits per heavy atom. The molecule has 0 radical (unpaired) electrons. The highest BCUT2D eigenvalue weighted by Crippen LogP contribution is 2.63. The first-order valence-electron chi connectivity index (χ1n) is 13.8. The van der Waals surface area contributed by atoms with E-state index in [2.05, 4.69) is 41.6 Å². The van der Waals surface area contributed by atoms with Crippen molar-refractivity contribution >= 4 is 11.6 Å². The van der Waals surface area contributed by atoms with Gasteiger partial charge in [0.1, 0.15) is 6.23 Å². The molecule has 0 spiro atoms. The number of pyridine rings is 1. The largest absolute Gasteiger partial charge is 0.373 e. The van der Waals surface area contributed by atoms with Crippen LogP contribution in [0.15, 0.2) is 54.9 Å². The first-order valence-corrected chi connectivity index (χ1v) is 13.8. The van der Waals surface area contributed by atoms with Crippen LogP contribution in [0.3, 0.4) is 0 Å². The van der Waals surface area contributed by atoms with Crippen LogP contribution in [-0.2, 0) is 10.2 Å². The van der Waals surface area contributed by atoms with E-state index in [0.29, 0.717) is 30.2 Å². The second-order valence-electron chi connectivity index (χ2n) is 11.7. The third kappa shape index (κ3) is 4.43. The molecule has 1 amide bonds. The van der Waals surface area contributed by atoms with Gasteiger partial charge in [-0.05, 0) is 86.3 Å². The number of aromatic nitrogens is 1. The minimum atomic E-state index is -0.564. The lowest BCUT2D eigenvalue weighted by Crippen LogP contribution is -2.61. The molecule has 0 aliphatic heterocycles. The Hall–Kier alpha value is -2.44. The van der Waals surface area contributed by atoms with Crippen LogP contribution >= 0.6 is 0 Å². The number of aliphatic hydroxyl groups is 1. The molecular weight excluding hydrogens is 448 g/mol. The van der Waals surface area contributed by atoms with Gasteiger partial charge in [-0.1, -0.05) is 44.2 Å². The number of benzene rings is 1. The summed E-state index contributed by atoms with van der Waals surface area (Å²) < 4.78 is 0. The highest BCUT2D eigenvalue weighted by atomic mass is 16.3. The molecule has 6 nitrogen and oxygen atoms in total. The van der Waals surface area contributed by atoms with Gasteiger partial charge in [0.2, 0.25) is 5.91 Å². The predicted molar refractivity (Wildman–Crippen MR) is 143 cm³/mol. The fraction of sp³-hybridized carbons (Fsp3) is 0.600. The first kappa shape index (κ1) is 25.2. The Bertz CT molecular complexity index is 1010. The second kappa shape index (κ2) is 10.1. The van der Waals surface area contributed by atoms with Crippen LogP contribution in [0.5, 0.6) is 0 Å². The summed E-state index contributed by atoms with van der Waals surface area (Å²) in [6, 6.07) is 13.9. The van der Waals surface area contributed by atoms with E-state index in [1.165, 1.54) is 12.8 Å². The van der Waals surface area contributed by atoms with E-state index in [4.69, 9.17) is 5.73 Å². The lowest BCUT2D eigenvalue weighted by Gasteiger charge is -2.62. The van der Waals surface area contributed by atoms with Crippen molar-refractivity contribution in [1.82, 2.24) is 10.3 Å². The van der Waals surface area contributed by atoms with Gasteiger partial charge in [0, 0.05) is 36.1 Å². The van der Waals surface area contributed by atoms with Crippen molar-refractivity contribution < 1.29 is 9.90 Å². The maximum absolute atomic E-state index is 13.5. The molecule has 5 N–H and O–H groups in total. The minimum Gasteiger partial charge on any atom is -0.373 e. The third-order valence-electron chi connectivity index (χ3n) is 9.92. The normalized spacial score (nSPS) is 30.6. The van der Waals surface area contributed by atoms with Gasteiger partial charge in [0.05, 0.1) is 5.41 Å². The van der Waals surface area contributed by atoms with Crippen LogP contribution in [0, 0.1) is 29.1 Å². The lowest BCUT2D eigenvalue weighted by molar-refractivity contribution is -0.145. The highest BCUT2D eigenvalue weighted by molar-refractivity contribution is 5.88. The molecular formula is C30H42N4O2. The summed E-state index contributed by atoms with van der Waals surface area (Å²) in [5.74, 6) is 2.17. The van der Waals surface area contributed by atoms with Crippen molar-refractivity contribution in [3.05, 3.63) is 60.4 Å². The average molecular weight is 491 g/mol. The molecule has 1 aromatic heterocycles. The number of carbonyl (C=O) groups excluding carboxylic acids is 1. The molecule has 6 rings (SSSR count). The van der Waals surface area contributed by atoms with Crippen LogP contribution in [0.2, 0.25) is 0 Å². The van der Waals surface area contributed by atoms with Crippen molar-refractivity contribution in [1.29, 1.82) is 0 Å². The van der Waals surface area contributed by atoms with Gasteiger partial charge in [-0.2, -0.15) is 0 Å². The van der Waals surface area contributed by atoms with Gasteiger partial charge < -0.3 is 21.5 Å². The summed E-state index contributed by atoms with van der Waals surface area (Å²) in [4.78, 5) is 17.6. The minimum absolute atomic E-state index is 0.0616. The second-order valence-corrected chi connectivity index (χ2v) is 11.7. The number of nitrogens with zero attached hydrogens (tertiary/aromatic N) is 1. The Kier molecular flexibility index (Phi) is 7.10. The predicted octanol–water partition coefficient (Wildman–Crippen LogP) is 4.46. The molecule has 2 aromatic rings. The van der Waals surface area contributed by atoms with Gasteiger partial charge >= 0.3 is 0 Å². The van der Waals surface area contributed by atoms with Crippen LogP contribution in [0.25, 0.3) is 0 Å². The summed E-state index contributed by atoms with van der Waals surface area (Å²) in [5.41, 5.74) is 8.24. The number of rotatable bonds is 10. The van der Waals surface area contributed by atoms with E-state index in [0.717, 1.165) is 43.4 Å². The number of amides is 1. The topological polar surface area (TPSA) is 100 Å². The Balaban J connectivity index is 1.25. The zero-order chi connectivity index (χ0) is 25.3. The highest BCUT2D eigenvalue weighted by Gasteiger charge is 2.59. The van der Waals surface area contributed by atoms with Gasteiger partial charge in [-0.15, -0.1) is 0 Å². The molecule has 4 atom stereocenters. The average Bonchev–Trinajstić information content (AvgIpc) is 2.89. The quantitative estimate of drug-likeness (QED) is 0.369. The smallest absolute Gasteiger partial charge is 0.230 e. The van der Waals surface area contributed by atoms with Gasteiger partial charge in [-0.25, -0.2) is 0 Å². The van der Waals surface area contributed by atoms with E-state index in [9.17, 15) is 9.90 Å². The number of aliphatic hydroxyl groups excluding tert-OH is 1. The molecule has 4 unspecified atom stereocenters.